The molecule has 3 rings (SSSR count). The number of nitrogens with zero attached hydrogens (tertiary/aromatic N) is 3. The zero-order chi connectivity index (χ0) is 13.2. The highest BCUT2D eigenvalue weighted by Gasteiger charge is 2.15. The number of aromatic nitrogens is 2. The molecule has 0 radical (unpaired) electrons. The van der Waals surface area contributed by atoms with Crippen molar-refractivity contribution in [3.05, 3.63) is 39.8 Å². The average Bonchev–Trinajstić information content (AvgIpc) is 2.96. The summed E-state index contributed by atoms with van der Waals surface area (Å²) in [6.07, 6.45) is 4.16. The van der Waals surface area contributed by atoms with E-state index in [4.69, 9.17) is 0 Å². The van der Waals surface area contributed by atoms with Crippen LogP contribution in [0.1, 0.15) is 12.8 Å². The molecule has 0 spiro atoms. The number of halogens is 2. The molecule has 0 aliphatic carbocycles. The van der Waals surface area contributed by atoms with Crippen molar-refractivity contribution in [2.75, 3.05) is 18.0 Å². The lowest BCUT2D eigenvalue weighted by Gasteiger charge is -2.16. The van der Waals surface area contributed by atoms with E-state index in [9.17, 15) is 4.39 Å². The third kappa shape index (κ3) is 2.70. The number of rotatable bonds is 2. The summed E-state index contributed by atoms with van der Waals surface area (Å²) in [5.41, 5.74) is 0.752. The lowest BCUT2D eigenvalue weighted by atomic mass is 10.2. The van der Waals surface area contributed by atoms with Gasteiger partial charge in [0.2, 0.25) is 0 Å². The molecule has 2 aromatic rings. The molecule has 0 bridgehead atoms. The molecule has 2 heterocycles. The first kappa shape index (κ1) is 12.8. The fourth-order valence-electron chi connectivity index (χ4n) is 2.27. The Balaban J connectivity index is 2.00. The molecule has 1 aliphatic heterocycles. The summed E-state index contributed by atoms with van der Waals surface area (Å²) in [5.74, 6) is 1.27. The van der Waals surface area contributed by atoms with Gasteiger partial charge in [0, 0.05) is 28.4 Å². The van der Waals surface area contributed by atoms with E-state index in [1.165, 1.54) is 25.0 Å². The minimum absolute atomic E-state index is 0.259. The predicted molar refractivity (Wildman–Crippen MR) is 81.6 cm³/mol. The van der Waals surface area contributed by atoms with Crippen LogP contribution in [0.2, 0.25) is 0 Å². The highest BCUT2D eigenvalue weighted by molar-refractivity contribution is 14.1. The van der Waals surface area contributed by atoms with Crippen LogP contribution in [-0.2, 0) is 0 Å². The number of anilines is 1. The van der Waals surface area contributed by atoms with Crippen molar-refractivity contribution in [1.82, 2.24) is 9.97 Å². The summed E-state index contributed by atoms with van der Waals surface area (Å²) >= 11 is 2.18. The third-order valence-electron chi connectivity index (χ3n) is 3.24. The number of hydrogen-bond acceptors (Lipinski definition) is 3. The molecule has 98 valence electrons. The minimum Gasteiger partial charge on any atom is -0.357 e. The van der Waals surface area contributed by atoms with Crippen molar-refractivity contribution in [3.63, 3.8) is 0 Å². The van der Waals surface area contributed by atoms with Gasteiger partial charge in [-0.15, -0.1) is 0 Å². The van der Waals surface area contributed by atoms with Gasteiger partial charge >= 0.3 is 0 Å². The predicted octanol–water partition coefficient (Wildman–Crippen LogP) is 3.49. The Morgan fingerprint density at radius 1 is 1.16 bits per heavy atom. The van der Waals surface area contributed by atoms with Gasteiger partial charge in [-0.05, 0) is 59.7 Å². The standard InChI is InChI=1S/C14H13FIN3/c15-10-3-4-12(16)11(9-10)14-17-6-5-13(18-14)19-7-1-2-8-19/h3-6,9H,1-2,7-8H2. The first-order chi connectivity index (χ1) is 9.24. The first-order valence-electron chi connectivity index (χ1n) is 6.27. The van der Waals surface area contributed by atoms with E-state index in [1.54, 1.807) is 12.3 Å². The topological polar surface area (TPSA) is 29.0 Å². The normalized spacial score (nSPS) is 14.9. The molecule has 1 fully saturated rings. The maximum Gasteiger partial charge on any atom is 0.162 e. The molecule has 1 aromatic carbocycles. The maximum atomic E-state index is 13.4. The second kappa shape index (κ2) is 5.40. The third-order valence-corrected chi connectivity index (χ3v) is 4.18. The van der Waals surface area contributed by atoms with Crippen LogP contribution < -0.4 is 4.90 Å². The van der Waals surface area contributed by atoms with Gasteiger partial charge in [0.05, 0.1) is 0 Å². The summed E-state index contributed by atoms with van der Waals surface area (Å²) < 4.78 is 14.3. The molecule has 0 amide bonds. The van der Waals surface area contributed by atoms with E-state index in [0.717, 1.165) is 28.0 Å². The summed E-state index contributed by atoms with van der Waals surface area (Å²) in [4.78, 5) is 11.1. The number of hydrogen-bond donors (Lipinski definition) is 0. The second-order valence-corrected chi connectivity index (χ2v) is 5.72. The molecule has 0 unspecified atom stereocenters. The van der Waals surface area contributed by atoms with Gasteiger partial charge in [0.1, 0.15) is 11.6 Å². The van der Waals surface area contributed by atoms with Crippen LogP contribution in [0.5, 0.6) is 0 Å². The lowest BCUT2D eigenvalue weighted by Crippen LogP contribution is -2.19. The van der Waals surface area contributed by atoms with Crippen molar-refractivity contribution in [1.29, 1.82) is 0 Å². The molecular formula is C14H13FIN3. The van der Waals surface area contributed by atoms with Crippen molar-refractivity contribution in [3.8, 4) is 11.4 Å². The van der Waals surface area contributed by atoms with Crippen LogP contribution in [0.3, 0.4) is 0 Å². The monoisotopic (exact) mass is 369 g/mol. The van der Waals surface area contributed by atoms with E-state index in [1.807, 2.05) is 6.07 Å². The highest BCUT2D eigenvalue weighted by atomic mass is 127. The Labute approximate surface area is 125 Å². The Hall–Kier alpha value is -1.24. The number of benzene rings is 1. The van der Waals surface area contributed by atoms with E-state index in [0.29, 0.717) is 5.82 Å². The molecule has 0 atom stereocenters. The van der Waals surface area contributed by atoms with Gasteiger partial charge < -0.3 is 4.90 Å². The molecule has 0 saturated carbocycles. The first-order valence-corrected chi connectivity index (χ1v) is 7.35. The van der Waals surface area contributed by atoms with Crippen molar-refractivity contribution < 1.29 is 4.39 Å². The summed E-state index contributed by atoms with van der Waals surface area (Å²) in [6.45, 7) is 2.08. The van der Waals surface area contributed by atoms with Crippen LogP contribution in [-0.4, -0.2) is 23.1 Å². The van der Waals surface area contributed by atoms with Crippen LogP contribution in [0.15, 0.2) is 30.5 Å². The van der Waals surface area contributed by atoms with Gasteiger partial charge in [-0.25, -0.2) is 14.4 Å². The molecular weight excluding hydrogens is 356 g/mol. The zero-order valence-electron chi connectivity index (χ0n) is 10.3. The van der Waals surface area contributed by atoms with Gasteiger partial charge in [0.25, 0.3) is 0 Å². The average molecular weight is 369 g/mol. The summed E-state index contributed by atoms with van der Waals surface area (Å²) in [5, 5.41) is 0. The zero-order valence-corrected chi connectivity index (χ0v) is 12.5. The van der Waals surface area contributed by atoms with Crippen molar-refractivity contribution in [2.24, 2.45) is 0 Å². The van der Waals surface area contributed by atoms with E-state index in [2.05, 4.69) is 37.5 Å². The largest absolute Gasteiger partial charge is 0.357 e. The van der Waals surface area contributed by atoms with Gasteiger partial charge in [-0.2, -0.15) is 0 Å². The van der Waals surface area contributed by atoms with Crippen molar-refractivity contribution in [2.45, 2.75) is 12.8 Å². The smallest absolute Gasteiger partial charge is 0.162 e. The van der Waals surface area contributed by atoms with E-state index in [-0.39, 0.29) is 5.82 Å². The molecule has 1 aromatic heterocycles. The van der Waals surface area contributed by atoms with Crippen LogP contribution in [0.4, 0.5) is 10.2 Å². The van der Waals surface area contributed by atoms with Gasteiger partial charge in [-0.1, -0.05) is 0 Å². The molecule has 1 aliphatic rings. The fourth-order valence-corrected chi connectivity index (χ4v) is 2.85. The molecule has 5 heteroatoms. The minimum atomic E-state index is -0.259. The van der Waals surface area contributed by atoms with Gasteiger partial charge in [0.15, 0.2) is 5.82 Å². The van der Waals surface area contributed by atoms with Crippen LogP contribution >= 0.6 is 22.6 Å². The van der Waals surface area contributed by atoms with Gasteiger partial charge in [-0.3, -0.25) is 0 Å². The van der Waals surface area contributed by atoms with Crippen molar-refractivity contribution >= 4 is 28.4 Å². The van der Waals surface area contributed by atoms with Crippen LogP contribution in [0, 0.1) is 9.39 Å². The van der Waals surface area contributed by atoms with Crippen LogP contribution in [0.25, 0.3) is 11.4 Å². The summed E-state index contributed by atoms with van der Waals surface area (Å²) in [7, 11) is 0. The Morgan fingerprint density at radius 3 is 2.74 bits per heavy atom. The highest BCUT2D eigenvalue weighted by Crippen LogP contribution is 2.25. The molecule has 1 saturated heterocycles. The Bertz CT molecular complexity index is 597. The maximum absolute atomic E-state index is 13.4. The second-order valence-electron chi connectivity index (χ2n) is 4.56. The summed E-state index contributed by atoms with van der Waals surface area (Å²) in [6, 6.07) is 6.61. The lowest BCUT2D eigenvalue weighted by molar-refractivity contribution is 0.628. The Morgan fingerprint density at radius 2 is 1.95 bits per heavy atom. The molecule has 19 heavy (non-hydrogen) atoms. The fraction of sp³-hybridized carbons (Fsp3) is 0.286. The van der Waals surface area contributed by atoms with E-state index < -0.39 is 0 Å². The molecule has 3 nitrogen and oxygen atoms in total. The quantitative estimate of drug-likeness (QED) is 0.759. The van der Waals surface area contributed by atoms with E-state index >= 15 is 0 Å². The SMILES string of the molecule is Fc1ccc(I)c(-c2nccc(N3CCCC3)n2)c1. The molecule has 0 N–H and O–H groups in total. The Kier molecular flexibility index (Phi) is 3.63.